The molecule has 0 amide bonds. The molecule has 2 N–H and O–H groups in total. The summed E-state index contributed by atoms with van der Waals surface area (Å²) in [6.07, 6.45) is -2.02. The summed E-state index contributed by atoms with van der Waals surface area (Å²) in [5, 5.41) is 19.4. The van der Waals surface area contributed by atoms with Crippen LogP contribution in [0.5, 0.6) is 5.75 Å². The highest BCUT2D eigenvalue weighted by Gasteiger charge is 2.25. The first-order chi connectivity index (χ1) is 10.6. The first-order valence-electron chi connectivity index (χ1n) is 6.97. The number of ether oxygens (including phenoxy) is 2. The van der Waals surface area contributed by atoms with Crippen molar-refractivity contribution < 1.29 is 24.5 Å². The Kier molecular flexibility index (Phi) is 5.52. The predicted octanol–water partition coefficient (Wildman–Crippen LogP) is 2.86. The molecule has 2 aromatic rings. The van der Waals surface area contributed by atoms with E-state index in [4.69, 9.17) is 9.47 Å². The van der Waals surface area contributed by atoms with E-state index in [1.165, 1.54) is 6.07 Å². The molecule has 0 unspecified atom stereocenters. The fourth-order valence-corrected chi connectivity index (χ4v) is 2.07. The summed E-state index contributed by atoms with van der Waals surface area (Å²) in [5.74, 6) is -0.907. The third-order valence-corrected chi connectivity index (χ3v) is 3.10. The largest absolute Gasteiger partial charge is 0.479 e. The highest BCUT2D eigenvalue weighted by Crippen LogP contribution is 2.28. The molecule has 0 radical (unpaired) electrons. The van der Waals surface area contributed by atoms with Crippen molar-refractivity contribution in [2.45, 2.75) is 19.3 Å². The molecule has 0 aliphatic heterocycles. The molecular weight excluding hydrogens is 284 g/mol. The van der Waals surface area contributed by atoms with Crippen LogP contribution < -0.4 is 4.74 Å². The molecule has 2 atom stereocenters. The number of para-hydroxylation sites is 1. The van der Waals surface area contributed by atoms with Crippen LogP contribution in [0, 0.1) is 0 Å². The molecule has 22 heavy (non-hydrogen) atoms. The number of aliphatic hydroxyl groups is 1. The molecule has 0 saturated carbocycles. The molecule has 0 aliphatic rings. The summed E-state index contributed by atoms with van der Waals surface area (Å²) in [6.45, 7) is 2.07. The van der Waals surface area contributed by atoms with Gasteiger partial charge in [-0.15, -0.1) is 0 Å². The summed E-state index contributed by atoms with van der Waals surface area (Å²) in [5.41, 5.74) is 0.732. The molecule has 5 nitrogen and oxygen atoms in total. The van der Waals surface area contributed by atoms with E-state index in [0.717, 1.165) is 0 Å². The van der Waals surface area contributed by atoms with Gasteiger partial charge in [0.05, 0.1) is 0 Å². The Morgan fingerprint density at radius 2 is 1.73 bits per heavy atom. The Morgan fingerprint density at radius 1 is 1.09 bits per heavy atom. The van der Waals surface area contributed by atoms with Crippen LogP contribution in [0.3, 0.4) is 0 Å². The Morgan fingerprint density at radius 3 is 2.36 bits per heavy atom. The molecule has 2 rings (SSSR count). The molecule has 5 heteroatoms. The molecule has 0 bridgehead atoms. The van der Waals surface area contributed by atoms with Crippen molar-refractivity contribution in [3.63, 3.8) is 0 Å². The van der Waals surface area contributed by atoms with Crippen LogP contribution in [0.1, 0.15) is 28.9 Å². The number of carboxylic acids is 1. The summed E-state index contributed by atoms with van der Waals surface area (Å²) in [4.78, 5) is 11.3. The fraction of sp³-hybridized carbons (Fsp3) is 0.235. The van der Waals surface area contributed by atoms with Gasteiger partial charge in [0, 0.05) is 6.61 Å². The second-order valence-corrected chi connectivity index (χ2v) is 4.60. The van der Waals surface area contributed by atoms with Crippen molar-refractivity contribution >= 4 is 5.97 Å². The van der Waals surface area contributed by atoms with E-state index in [1.807, 2.05) is 18.2 Å². The Hall–Kier alpha value is -2.37. The molecule has 0 aromatic heterocycles. The van der Waals surface area contributed by atoms with Gasteiger partial charge < -0.3 is 19.7 Å². The summed E-state index contributed by atoms with van der Waals surface area (Å²) in [7, 11) is 0. The molecule has 0 saturated heterocycles. The van der Waals surface area contributed by atoms with Crippen LogP contribution in [-0.2, 0) is 4.74 Å². The minimum Gasteiger partial charge on any atom is -0.479 e. The molecule has 116 valence electrons. The molecule has 2 aromatic carbocycles. The molecule has 0 aliphatic carbocycles. The highest BCUT2D eigenvalue weighted by atomic mass is 16.6. The van der Waals surface area contributed by atoms with Crippen molar-refractivity contribution in [2.75, 3.05) is 6.61 Å². The van der Waals surface area contributed by atoms with E-state index in [9.17, 15) is 15.0 Å². The van der Waals surface area contributed by atoms with Crippen LogP contribution in [-0.4, -0.2) is 29.1 Å². The number of hydrogen-bond acceptors (Lipinski definition) is 4. The summed E-state index contributed by atoms with van der Waals surface area (Å²) >= 11 is 0. The second kappa shape index (κ2) is 7.59. The normalized spacial score (nSPS) is 13.4. The number of hydrogen-bond donors (Lipinski definition) is 2. The lowest BCUT2D eigenvalue weighted by molar-refractivity contribution is -0.152. The van der Waals surface area contributed by atoms with Crippen molar-refractivity contribution in [2.24, 2.45) is 0 Å². The molecular formula is C17H18O5. The maximum absolute atomic E-state index is 11.3. The minimum atomic E-state index is -1.20. The Balaban J connectivity index is 2.33. The van der Waals surface area contributed by atoms with E-state index in [-0.39, 0.29) is 11.3 Å². The standard InChI is InChI=1S/C17H18O5/c1-2-21-17(20)15(12-8-4-3-5-9-12)22-14-11-7-6-10-13(14)16(18)19/h3-11,15,17,20H,2H2,1H3,(H,18,19)/t15-,17-/m1/s1. The van der Waals surface area contributed by atoms with E-state index in [0.29, 0.717) is 12.2 Å². The number of carboxylic acid groups (broad SMARTS) is 1. The third-order valence-electron chi connectivity index (χ3n) is 3.10. The summed E-state index contributed by atoms with van der Waals surface area (Å²) < 4.78 is 11.0. The predicted molar refractivity (Wildman–Crippen MR) is 80.8 cm³/mol. The lowest BCUT2D eigenvalue weighted by atomic mass is 10.1. The number of aromatic carboxylic acids is 1. The van der Waals surface area contributed by atoms with Gasteiger partial charge in [-0.2, -0.15) is 0 Å². The van der Waals surface area contributed by atoms with Gasteiger partial charge in [-0.25, -0.2) is 4.79 Å². The van der Waals surface area contributed by atoms with Crippen LogP contribution in [0.15, 0.2) is 54.6 Å². The van der Waals surface area contributed by atoms with Gasteiger partial charge in [-0.05, 0) is 24.6 Å². The average Bonchev–Trinajstić information content (AvgIpc) is 2.53. The Labute approximate surface area is 128 Å². The van der Waals surface area contributed by atoms with Crippen LogP contribution in [0.25, 0.3) is 0 Å². The fourth-order valence-electron chi connectivity index (χ4n) is 2.07. The quantitative estimate of drug-likeness (QED) is 0.769. The van der Waals surface area contributed by atoms with Gasteiger partial charge >= 0.3 is 5.97 Å². The zero-order valence-corrected chi connectivity index (χ0v) is 12.2. The van der Waals surface area contributed by atoms with Gasteiger partial charge in [0.15, 0.2) is 12.4 Å². The number of aliphatic hydroxyl groups excluding tert-OH is 1. The number of carbonyl (C=O) groups is 1. The van der Waals surface area contributed by atoms with E-state index in [2.05, 4.69) is 0 Å². The molecule has 0 fully saturated rings. The van der Waals surface area contributed by atoms with Gasteiger partial charge in [0.2, 0.25) is 0 Å². The molecule has 0 heterocycles. The minimum absolute atomic E-state index is 0.0344. The lowest BCUT2D eigenvalue weighted by Crippen LogP contribution is -2.27. The second-order valence-electron chi connectivity index (χ2n) is 4.60. The maximum Gasteiger partial charge on any atom is 0.339 e. The van der Waals surface area contributed by atoms with Gasteiger partial charge in [-0.3, -0.25) is 0 Å². The van der Waals surface area contributed by atoms with Gasteiger partial charge in [0.25, 0.3) is 0 Å². The van der Waals surface area contributed by atoms with Crippen molar-refractivity contribution in [1.29, 1.82) is 0 Å². The van der Waals surface area contributed by atoms with Crippen LogP contribution in [0.2, 0.25) is 0 Å². The zero-order chi connectivity index (χ0) is 15.9. The number of rotatable bonds is 7. The SMILES string of the molecule is CCO[C@@H](O)[C@H](Oc1ccccc1C(=O)O)c1ccccc1. The van der Waals surface area contributed by atoms with Gasteiger partial charge in [-0.1, -0.05) is 42.5 Å². The van der Waals surface area contributed by atoms with E-state index >= 15 is 0 Å². The highest BCUT2D eigenvalue weighted by molar-refractivity contribution is 5.90. The van der Waals surface area contributed by atoms with E-state index < -0.39 is 18.4 Å². The van der Waals surface area contributed by atoms with Crippen LogP contribution in [0.4, 0.5) is 0 Å². The monoisotopic (exact) mass is 302 g/mol. The van der Waals surface area contributed by atoms with Gasteiger partial charge in [0.1, 0.15) is 11.3 Å². The van der Waals surface area contributed by atoms with Crippen molar-refractivity contribution in [1.82, 2.24) is 0 Å². The summed E-state index contributed by atoms with van der Waals surface area (Å²) in [6, 6.07) is 15.3. The van der Waals surface area contributed by atoms with E-state index in [1.54, 1.807) is 37.3 Å². The average molecular weight is 302 g/mol. The first kappa shape index (κ1) is 16.0. The lowest BCUT2D eigenvalue weighted by Gasteiger charge is -2.25. The van der Waals surface area contributed by atoms with Crippen LogP contribution >= 0.6 is 0 Å². The third kappa shape index (κ3) is 3.84. The van der Waals surface area contributed by atoms with Crippen molar-refractivity contribution in [3.05, 3.63) is 65.7 Å². The molecule has 0 spiro atoms. The first-order valence-corrected chi connectivity index (χ1v) is 6.97. The number of benzene rings is 2. The maximum atomic E-state index is 11.3. The smallest absolute Gasteiger partial charge is 0.339 e. The van der Waals surface area contributed by atoms with Crippen molar-refractivity contribution in [3.8, 4) is 5.75 Å². The topological polar surface area (TPSA) is 76.0 Å². The Bertz CT molecular complexity index is 611. The zero-order valence-electron chi connectivity index (χ0n) is 12.2.